The van der Waals surface area contributed by atoms with Crippen molar-refractivity contribution in [2.75, 3.05) is 0 Å². The minimum Gasteiger partial charge on any atom is -0.461 e. The molecule has 0 fully saturated rings. The highest BCUT2D eigenvalue weighted by molar-refractivity contribution is 9.10. The number of rotatable bonds is 2. The Morgan fingerprint density at radius 3 is 2.93 bits per heavy atom. The largest absolute Gasteiger partial charge is 0.461 e. The second-order valence-electron chi connectivity index (χ2n) is 3.31. The molecule has 1 aromatic heterocycles. The van der Waals surface area contributed by atoms with E-state index in [2.05, 4.69) is 28.6 Å². The SMILES string of the molecule is C=C/C=C\c1c(C)oc2ccc(Br)cc12. The maximum absolute atomic E-state index is 5.64. The van der Waals surface area contributed by atoms with E-state index in [0.717, 1.165) is 26.8 Å². The number of furan rings is 1. The molecule has 0 amide bonds. The van der Waals surface area contributed by atoms with Crippen molar-refractivity contribution in [3.05, 3.63) is 52.7 Å². The molecule has 15 heavy (non-hydrogen) atoms. The molecule has 76 valence electrons. The van der Waals surface area contributed by atoms with Crippen LogP contribution < -0.4 is 0 Å². The molecule has 1 aromatic carbocycles. The molecule has 0 aliphatic heterocycles. The van der Waals surface area contributed by atoms with Crippen molar-refractivity contribution in [1.82, 2.24) is 0 Å². The Hall–Kier alpha value is -1.28. The normalized spacial score (nSPS) is 11.3. The van der Waals surface area contributed by atoms with Gasteiger partial charge in [-0.05, 0) is 25.1 Å². The van der Waals surface area contributed by atoms with Crippen molar-refractivity contribution in [2.45, 2.75) is 6.92 Å². The summed E-state index contributed by atoms with van der Waals surface area (Å²) < 4.78 is 6.70. The van der Waals surface area contributed by atoms with Crippen LogP contribution in [0.2, 0.25) is 0 Å². The van der Waals surface area contributed by atoms with Gasteiger partial charge in [0.05, 0.1) is 0 Å². The Morgan fingerprint density at radius 1 is 1.40 bits per heavy atom. The van der Waals surface area contributed by atoms with Crippen molar-refractivity contribution in [3.63, 3.8) is 0 Å². The van der Waals surface area contributed by atoms with Gasteiger partial charge in [-0.25, -0.2) is 0 Å². The highest BCUT2D eigenvalue weighted by Crippen LogP contribution is 2.29. The van der Waals surface area contributed by atoms with E-state index in [0.29, 0.717) is 0 Å². The van der Waals surface area contributed by atoms with E-state index in [1.807, 2.05) is 31.2 Å². The second-order valence-corrected chi connectivity index (χ2v) is 4.22. The molecule has 0 saturated heterocycles. The third kappa shape index (κ3) is 1.90. The molecule has 0 radical (unpaired) electrons. The molecule has 1 heterocycles. The molecule has 0 bridgehead atoms. The summed E-state index contributed by atoms with van der Waals surface area (Å²) in [6.45, 7) is 5.63. The zero-order valence-electron chi connectivity index (χ0n) is 8.46. The van der Waals surface area contributed by atoms with Gasteiger partial charge in [0.25, 0.3) is 0 Å². The molecule has 2 rings (SSSR count). The predicted octanol–water partition coefficient (Wildman–Crippen LogP) is 4.70. The predicted molar refractivity (Wildman–Crippen MR) is 67.9 cm³/mol. The number of hydrogen-bond donors (Lipinski definition) is 0. The number of fused-ring (bicyclic) bond motifs is 1. The Balaban J connectivity index is 2.70. The van der Waals surface area contributed by atoms with Crippen LogP contribution in [0.25, 0.3) is 17.0 Å². The molecule has 2 heteroatoms. The summed E-state index contributed by atoms with van der Waals surface area (Å²) in [6.07, 6.45) is 5.69. The molecule has 0 spiro atoms. The molecule has 0 unspecified atom stereocenters. The first-order chi connectivity index (χ1) is 7.22. The summed E-state index contributed by atoms with van der Waals surface area (Å²) in [4.78, 5) is 0. The van der Waals surface area contributed by atoms with Crippen molar-refractivity contribution in [3.8, 4) is 0 Å². The van der Waals surface area contributed by atoms with Crippen LogP contribution in [0.5, 0.6) is 0 Å². The molecule has 2 aromatic rings. The fourth-order valence-electron chi connectivity index (χ4n) is 1.58. The quantitative estimate of drug-likeness (QED) is 0.715. The van der Waals surface area contributed by atoms with Crippen LogP contribution in [-0.4, -0.2) is 0 Å². The van der Waals surface area contributed by atoms with Crippen LogP contribution in [-0.2, 0) is 0 Å². The van der Waals surface area contributed by atoms with E-state index in [9.17, 15) is 0 Å². The van der Waals surface area contributed by atoms with E-state index in [1.54, 1.807) is 6.08 Å². The Morgan fingerprint density at radius 2 is 2.20 bits per heavy atom. The van der Waals surface area contributed by atoms with E-state index < -0.39 is 0 Å². The zero-order chi connectivity index (χ0) is 10.8. The van der Waals surface area contributed by atoms with E-state index in [1.165, 1.54) is 0 Å². The summed E-state index contributed by atoms with van der Waals surface area (Å²) in [7, 11) is 0. The van der Waals surface area contributed by atoms with Crippen LogP contribution >= 0.6 is 15.9 Å². The summed E-state index contributed by atoms with van der Waals surface area (Å²) in [6, 6.07) is 6.01. The number of allylic oxidation sites excluding steroid dienone is 2. The lowest BCUT2D eigenvalue weighted by Gasteiger charge is -1.91. The minimum absolute atomic E-state index is 0.916. The van der Waals surface area contributed by atoms with Crippen LogP contribution in [0.1, 0.15) is 11.3 Å². The lowest BCUT2D eigenvalue weighted by Crippen LogP contribution is -1.72. The molecule has 0 aliphatic carbocycles. The van der Waals surface area contributed by atoms with Gasteiger partial charge >= 0.3 is 0 Å². The van der Waals surface area contributed by atoms with Crippen molar-refractivity contribution in [2.24, 2.45) is 0 Å². The molecular weight excluding hydrogens is 252 g/mol. The number of aryl methyl sites for hydroxylation is 1. The molecular formula is C13H11BrO. The third-order valence-corrected chi connectivity index (χ3v) is 2.77. The first kappa shape index (κ1) is 10.2. The fourth-order valence-corrected chi connectivity index (χ4v) is 1.94. The van der Waals surface area contributed by atoms with Gasteiger partial charge in [0.15, 0.2) is 0 Å². The van der Waals surface area contributed by atoms with Gasteiger partial charge in [0.2, 0.25) is 0 Å². The maximum atomic E-state index is 5.64. The van der Waals surface area contributed by atoms with Gasteiger partial charge in [-0.1, -0.05) is 40.7 Å². The molecule has 1 nitrogen and oxygen atoms in total. The van der Waals surface area contributed by atoms with Crippen molar-refractivity contribution in [1.29, 1.82) is 0 Å². The van der Waals surface area contributed by atoms with Crippen LogP contribution in [0.3, 0.4) is 0 Å². The Labute approximate surface area is 97.2 Å². The topological polar surface area (TPSA) is 13.1 Å². The Kier molecular flexibility index (Phi) is 2.78. The highest BCUT2D eigenvalue weighted by atomic mass is 79.9. The van der Waals surface area contributed by atoms with E-state index in [4.69, 9.17) is 4.42 Å². The first-order valence-electron chi connectivity index (χ1n) is 4.70. The van der Waals surface area contributed by atoms with Gasteiger partial charge in [-0.15, -0.1) is 0 Å². The Bertz CT molecular complexity index is 535. The molecule has 0 saturated carbocycles. The summed E-state index contributed by atoms with van der Waals surface area (Å²) >= 11 is 3.46. The molecule has 0 aliphatic rings. The monoisotopic (exact) mass is 262 g/mol. The van der Waals surface area contributed by atoms with Crippen molar-refractivity contribution >= 4 is 33.0 Å². The third-order valence-electron chi connectivity index (χ3n) is 2.27. The van der Waals surface area contributed by atoms with Gasteiger partial charge in [-0.3, -0.25) is 0 Å². The van der Waals surface area contributed by atoms with Crippen LogP contribution in [0.4, 0.5) is 0 Å². The molecule has 0 atom stereocenters. The van der Waals surface area contributed by atoms with E-state index >= 15 is 0 Å². The van der Waals surface area contributed by atoms with E-state index in [-0.39, 0.29) is 0 Å². The lowest BCUT2D eigenvalue weighted by molar-refractivity contribution is 0.577. The smallest absolute Gasteiger partial charge is 0.134 e. The van der Waals surface area contributed by atoms with Gasteiger partial charge in [-0.2, -0.15) is 0 Å². The van der Waals surface area contributed by atoms with Crippen molar-refractivity contribution < 1.29 is 4.42 Å². The van der Waals surface area contributed by atoms with Gasteiger partial charge in [0.1, 0.15) is 11.3 Å². The summed E-state index contributed by atoms with van der Waals surface area (Å²) in [5.41, 5.74) is 2.03. The standard InChI is InChI=1S/C13H11BrO/c1-3-4-5-11-9(2)15-13-7-6-10(14)8-12(11)13/h3-8H,1H2,2H3/b5-4-. The number of hydrogen-bond acceptors (Lipinski definition) is 1. The van der Waals surface area contributed by atoms with Crippen LogP contribution in [0.15, 0.2) is 45.8 Å². The van der Waals surface area contributed by atoms with Gasteiger partial charge < -0.3 is 4.42 Å². The maximum Gasteiger partial charge on any atom is 0.134 e. The zero-order valence-corrected chi connectivity index (χ0v) is 10.0. The average Bonchev–Trinajstić information content (AvgIpc) is 2.51. The first-order valence-corrected chi connectivity index (χ1v) is 5.49. The fraction of sp³-hybridized carbons (Fsp3) is 0.0769. The lowest BCUT2D eigenvalue weighted by atomic mass is 10.1. The van der Waals surface area contributed by atoms with Gasteiger partial charge in [0, 0.05) is 15.4 Å². The second kappa shape index (κ2) is 4.07. The number of benzene rings is 1. The summed E-state index contributed by atoms with van der Waals surface area (Å²) in [5.74, 6) is 0.932. The van der Waals surface area contributed by atoms with Crippen LogP contribution in [0, 0.1) is 6.92 Å². The summed E-state index contributed by atoms with van der Waals surface area (Å²) in [5, 5.41) is 1.12. The number of halogens is 1. The molecule has 0 N–H and O–H groups in total. The highest BCUT2D eigenvalue weighted by Gasteiger charge is 2.07. The minimum atomic E-state index is 0.916. The average molecular weight is 263 g/mol.